The predicted octanol–water partition coefficient (Wildman–Crippen LogP) is 3.75. The third kappa shape index (κ3) is 4.23. The van der Waals surface area contributed by atoms with E-state index in [0.29, 0.717) is 12.1 Å². The first-order chi connectivity index (χ1) is 10.1. The molecule has 1 saturated heterocycles. The summed E-state index contributed by atoms with van der Waals surface area (Å²) in [6, 6.07) is 4.81. The third-order valence-electron chi connectivity index (χ3n) is 4.27. The maximum atomic E-state index is 13.4. The van der Waals surface area contributed by atoms with Crippen molar-refractivity contribution in [3.05, 3.63) is 34.9 Å². The fourth-order valence-electron chi connectivity index (χ4n) is 2.69. The highest BCUT2D eigenvalue weighted by Gasteiger charge is 2.35. The molecule has 1 aromatic rings. The zero-order chi connectivity index (χ0) is 16.5. The monoisotopic (exact) mass is 314 g/mol. The molecule has 0 saturated carbocycles. The molecule has 1 aliphatic heterocycles. The molecule has 124 valence electrons. The molecule has 2 rings (SSSR count). The average molecular weight is 314 g/mol. The van der Waals surface area contributed by atoms with Crippen molar-refractivity contribution in [3.63, 3.8) is 0 Å². The summed E-state index contributed by atoms with van der Waals surface area (Å²) in [5, 5.41) is 0. The van der Waals surface area contributed by atoms with E-state index in [2.05, 4.69) is 9.80 Å². The summed E-state index contributed by atoms with van der Waals surface area (Å²) in [5.74, 6) is 0. The SMILES string of the molecule is CN1CCN(Cc2ccc(C(C)(C)C)cc2C(F)(F)F)CC1. The molecule has 22 heavy (non-hydrogen) atoms. The van der Waals surface area contributed by atoms with Crippen LogP contribution in [0.15, 0.2) is 18.2 Å². The lowest BCUT2D eigenvalue weighted by Gasteiger charge is -2.33. The highest BCUT2D eigenvalue weighted by molar-refractivity contribution is 5.37. The number of hydrogen-bond acceptors (Lipinski definition) is 2. The van der Waals surface area contributed by atoms with Gasteiger partial charge in [-0.1, -0.05) is 32.9 Å². The summed E-state index contributed by atoms with van der Waals surface area (Å²) < 4.78 is 40.2. The molecule has 0 N–H and O–H groups in total. The number of alkyl halides is 3. The average Bonchev–Trinajstić information content (AvgIpc) is 2.39. The maximum Gasteiger partial charge on any atom is 0.416 e. The number of halogens is 3. The number of nitrogens with zero attached hydrogens (tertiary/aromatic N) is 2. The Bertz CT molecular complexity index is 510. The van der Waals surface area contributed by atoms with E-state index in [0.717, 1.165) is 31.7 Å². The quantitative estimate of drug-likeness (QED) is 0.820. The number of likely N-dealkylation sites (N-methyl/N-ethyl adjacent to an activating group) is 1. The van der Waals surface area contributed by atoms with Gasteiger partial charge < -0.3 is 4.90 Å². The fraction of sp³-hybridized carbons (Fsp3) is 0.647. The lowest BCUT2D eigenvalue weighted by Crippen LogP contribution is -2.44. The lowest BCUT2D eigenvalue weighted by molar-refractivity contribution is -0.138. The second kappa shape index (κ2) is 6.20. The van der Waals surface area contributed by atoms with Crippen LogP contribution in [-0.2, 0) is 18.1 Å². The predicted molar refractivity (Wildman–Crippen MR) is 82.9 cm³/mol. The van der Waals surface area contributed by atoms with Crippen molar-refractivity contribution in [1.29, 1.82) is 0 Å². The number of piperazine rings is 1. The Labute approximate surface area is 130 Å². The zero-order valence-electron chi connectivity index (χ0n) is 13.8. The largest absolute Gasteiger partial charge is 0.416 e. The topological polar surface area (TPSA) is 6.48 Å². The first-order valence-corrected chi connectivity index (χ1v) is 7.69. The van der Waals surface area contributed by atoms with Crippen LogP contribution in [0.2, 0.25) is 0 Å². The molecule has 1 fully saturated rings. The van der Waals surface area contributed by atoms with Gasteiger partial charge in [-0.25, -0.2) is 0 Å². The van der Waals surface area contributed by atoms with Gasteiger partial charge in [-0.2, -0.15) is 13.2 Å². The van der Waals surface area contributed by atoms with Gasteiger partial charge in [0.05, 0.1) is 5.56 Å². The third-order valence-corrected chi connectivity index (χ3v) is 4.27. The van der Waals surface area contributed by atoms with E-state index in [1.807, 2.05) is 33.9 Å². The van der Waals surface area contributed by atoms with E-state index in [-0.39, 0.29) is 5.41 Å². The minimum absolute atomic E-state index is 0.285. The van der Waals surface area contributed by atoms with E-state index in [4.69, 9.17) is 0 Å². The molecular weight excluding hydrogens is 289 g/mol. The van der Waals surface area contributed by atoms with E-state index < -0.39 is 11.7 Å². The summed E-state index contributed by atoms with van der Waals surface area (Å²) in [7, 11) is 2.04. The molecule has 1 aliphatic rings. The van der Waals surface area contributed by atoms with Crippen molar-refractivity contribution in [2.75, 3.05) is 33.2 Å². The van der Waals surface area contributed by atoms with Gasteiger partial charge in [0.1, 0.15) is 0 Å². The van der Waals surface area contributed by atoms with Crippen LogP contribution in [0.3, 0.4) is 0 Å². The summed E-state index contributed by atoms with van der Waals surface area (Å²) in [6.45, 7) is 9.60. The van der Waals surface area contributed by atoms with Gasteiger partial charge in [0.25, 0.3) is 0 Å². The lowest BCUT2D eigenvalue weighted by atomic mass is 9.85. The standard InChI is InChI=1S/C17H25F3N2/c1-16(2,3)14-6-5-13(15(11-14)17(18,19)20)12-22-9-7-21(4)8-10-22/h5-6,11H,7-10,12H2,1-4H3. The summed E-state index contributed by atoms with van der Waals surface area (Å²) in [5.41, 5.74) is 0.331. The van der Waals surface area contributed by atoms with Crippen molar-refractivity contribution < 1.29 is 13.2 Å². The fourth-order valence-corrected chi connectivity index (χ4v) is 2.69. The van der Waals surface area contributed by atoms with Gasteiger partial charge >= 0.3 is 6.18 Å². The number of hydrogen-bond donors (Lipinski definition) is 0. The molecule has 0 aliphatic carbocycles. The van der Waals surface area contributed by atoms with Crippen LogP contribution in [0.5, 0.6) is 0 Å². The van der Waals surface area contributed by atoms with Crippen molar-refractivity contribution in [2.45, 2.75) is 38.9 Å². The van der Waals surface area contributed by atoms with Gasteiger partial charge in [-0.05, 0) is 29.7 Å². The first-order valence-electron chi connectivity index (χ1n) is 7.69. The van der Waals surface area contributed by atoms with Crippen LogP contribution in [0.25, 0.3) is 0 Å². The van der Waals surface area contributed by atoms with Crippen LogP contribution in [0.1, 0.15) is 37.5 Å². The van der Waals surface area contributed by atoms with E-state index in [9.17, 15) is 13.2 Å². The van der Waals surface area contributed by atoms with Crippen LogP contribution in [0, 0.1) is 0 Å². The molecule has 0 radical (unpaired) electrons. The van der Waals surface area contributed by atoms with E-state index >= 15 is 0 Å². The van der Waals surface area contributed by atoms with Crippen molar-refractivity contribution >= 4 is 0 Å². The Kier molecular flexibility index (Phi) is 4.87. The Morgan fingerprint density at radius 2 is 1.59 bits per heavy atom. The highest BCUT2D eigenvalue weighted by atomic mass is 19.4. The van der Waals surface area contributed by atoms with Crippen molar-refractivity contribution in [2.24, 2.45) is 0 Å². The van der Waals surface area contributed by atoms with Crippen LogP contribution >= 0.6 is 0 Å². The maximum absolute atomic E-state index is 13.4. The summed E-state index contributed by atoms with van der Waals surface area (Å²) in [6.07, 6.45) is -4.30. The van der Waals surface area contributed by atoms with E-state index in [1.165, 1.54) is 6.07 Å². The molecule has 2 nitrogen and oxygen atoms in total. The molecule has 5 heteroatoms. The van der Waals surface area contributed by atoms with Crippen LogP contribution in [-0.4, -0.2) is 43.0 Å². The molecule has 0 atom stereocenters. The van der Waals surface area contributed by atoms with E-state index in [1.54, 1.807) is 6.07 Å². The Morgan fingerprint density at radius 1 is 1.00 bits per heavy atom. The molecule has 1 heterocycles. The molecule has 0 amide bonds. The molecule has 0 bridgehead atoms. The Balaban J connectivity index is 2.27. The second-order valence-electron chi connectivity index (χ2n) is 7.20. The minimum Gasteiger partial charge on any atom is -0.304 e. The van der Waals surface area contributed by atoms with Crippen molar-refractivity contribution in [1.82, 2.24) is 9.80 Å². The van der Waals surface area contributed by atoms with Gasteiger partial charge in [-0.15, -0.1) is 0 Å². The molecule has 0 aromatic heterocycles. The normalized spacial score (nSPS) is 18.7. The first kappa shape index (κ1) is 17.3. The Morgan fingerprint density at radius 3 is 2.09 bits per heavy atom. The van der Waals surface area contributed by atoms with Gasteiger partial charge in [-0.3, -0.25) is 4.90 Å². The smallest absolute Gasteiger partial charge is 0.304 e. The molecule has 0 spiro atoms. The Hall–Kier alpha value is -1.07. The molecular formula is C17H25F3N2. The highest BCUT2D eigenvalue weighted by Crippen LogP contribution is 2.35. The molecule has 1 aromatic carbocycles. The van der Waals surface area contributed by atoms with Gasteiger partial charge in [0, 0.05) is 32.7 Å². The number of rotatable bonds is 2. The van der Waals surface area contributed by atoms with Crippen LogP contribution in [0.4, 0.5) is 13.2 Å². The number of benzene rings is 1. The second-order valence-corrected chi connectivity index (χ2v) is 7.20. The zero-order valence-corrected chi connectivity index (χ0v) is 13.8. The minimum atomic E-state index is -4.30. The van der Waals surface area contributed by atoms with Crippen LogP contribution < -0.4 is 0 Å². The van der Waals surface area contributed by atoms with Gasteiger partial charge in [0.15, 0.2) is 0 Å². The molecule has 0 unspecified atom stereocenters. The summed E-state index contributed by atoms with van der Waals surface area (Å²) in [4.78, 5) is 4.30. The summed E-state index contributed by atoms with van der Waals surface area (Å²) >= 11 is 0. The van der Waals surface area contributed by atoms with Gasteiger partial charge in [0.2, 0.25) is 0 Å². The van der Waals surface area contributed by atoms with Crippen molar-refractivity contribution in [3.8, 4) is 0 Å².